The monoisotopic (exact) mass is 445 g/mol. The number of nitrogens with zero attached hydrogens (tertiary/aromatic N) is 2. The summed E-state index contributed by atoms with van der Waals surface area (Å²) in [7, 11) is 0. The summed E-state index contributed by atoms with van der Waals surface area (Å²) in [5.41, 5.74) is 5.79. The number of phenols is 1. The van der Waals surface area contributed by atoms with Gasteiger partial charge in [-0.15, -0.1) is 0 Å². The van der Waals surface area contributed by atoms with Crippen LogP contribution in [-0.4, -0.2) is 21.8 Å². The Labute approximate surface area is 159 Å². The summed E-state index contributed by atoms with van der Waals surface area (Å²) in [5.74, 6) is -0.303. The third-order valence-electron chi connectivity index (χ3n) is 3.69. The number of nitrogens with one attached hydrogen (secondary N) is 1. The maximum absolute atomic E-state index is 12.1. The fraction of sp³-hybridized carbons (Fsp3) is 0.0526. The summed E-state index contributed by atoms with van der Waals surface area (Å²) in [4.78, 5) is 12.1. The Bertz CT molecular complexity index is 933. The van der Waals surface area contributed by atoms with Gasteiger partial charge in [0.2, 0.25) is 0 Å². The number of hydrazone groups is 1. The standard InChI is InChI=1S/C19H16IN3O2/c1-13-7-9-16(23(13)15-5-3-2-4-6-15)12-21-22-19(25)14-8-10-17(20)18(24)11-14/h2-12,24H,1H3,(H,22,25)/b21-12+. The molecule has 5 nitrogen and oxygen atoms in total. The number of halogens is 1. The molecule has 0 aliphatic carbocycles. The highest BCUT2D eigenvalue weighted by Crippen LogP contribution is 2.20. The van der Waals surface area contributed by atoms with Crippen LogP contribution in [0, 0.1) is 10.5 Å². The average molecular weight is 445 g/mol. The van der Waals surface area contributed by atoms with Gasteiger partial charge in [-0.05, 0) is 72.0 Å². The summed E-state index contributed by atoms with van der Waals surface area (Å²) in [5, 5.41) is 13.7. The molecule has 3 rings (SSSR count). The van der Waals surface area contributed by atoms with Crippen LogP contribution < -0.4 is 5.43 Å². The Hall–Kier alpha value is -2.61. The summed E-state index contributed by atoms with van der Waals surface area (Å²) in [6.45, 7) is 2.01. The van der Waals surface area contributed by atoms with Crippen LogP contribution in [0.3, 0.4) is 0 Å². The van der Waals surface area contributed by atoms with Crippen molar-refractivity contribution >= 4 is 34.7 Å². The van der Waals surface area contributed by atoms with Gasteiger partial charge in [0.15, 0.2) is 0 Å². The number of amides is 1. The molecule has 2 aromatic carbocycles. The van der Waals surface area contributed by atoms with Gasteiger partial charge in [-0.1, -0.05) is 18.2 Å². The van der Waals surface area contributed by atoms with Crippen LogP contribution >= 0.6 is 22.6 Å². The van der Waals surface area contributed by atoms with E-state index in [4.69, 9.17) is 0 Å². The van der Waals surface area contributed by atoms with E-state index in [1.165, 1.54) is 6.07 Å². The Morgan fingerprint density at radius 2 is 1.92 bits per heavy atom. The SMILES string of the molecule is Cc1ccc(/C=N/NC(=O)c2ccc(I)c(O)c2)n1-c1ccccc1. The number of hydrogen-bond acceptors (Lipinski definition) is 3. The van der Waals surface area contributed by atoms with Crippen LogP contribution in [0.4, 0.5) is 0 Å². The number of carbonyl (C=O) groups is 1. The van der Waals surface area contributed by atoms with Crippen molar-refractivity contribution in [1.82, 2.24) is 9.99 Å². The smallest absolute Gasteiger partial charge is 0.271 e. The third kappa shape index (κ3) is 3.90. The van der Waals surface area contributed by atoms with Gasteiger partial charge in [-0.3, -0.25) is 4.79 Å². The highest BCUT2D eigenvalue weighted by molar-refractivity contribution is 14.1. The highest BCUT2D eigenvalue weighted by Gasteiger charge is 2.08. The minimum Gasteiger partial charge on any atom is -0.507 e. The van der Waals surface area contributed by atoms with Gasteiger partial charge in [0.1, 0.15) is 5.75 Å². The van der Waals surface area contributed by atoms with Crippen molar-refractivity contribution in [2.75, 3.05) is 0 Å². The second-order valence-corrected chi connectivity index (χ2v) is 6.60. The number of benzene rings is 2. The van der Waals surface area contributed by atoms with E-state index in [9.17, 15) is 9.90 Å². The van der Waals surface area contributed by atoms with E-state index in [2.05, 4.69) is 10.5 Å². The molecule has 0 saturated heterocycles. The minimum atomic E-state index is -0.377. The Morgan fingerprint density at radius 3 is 2.64 bits per heavy atom. The van der Waals surface area contributed by atoms with E-state index >= 15 is 0 Å². The maximum Gasteiger partial charge on any atom is 0.271 e. The third-order valence-corrected chi connectivity index (χ3v) is 4.60. The Balaban J connectivity index is 1.77. The number of hydrogen-bond donors (Lipinski definition) is 2. The van der Waals surface area contributed by atoms with Crippen LogP contribution in [0.1, 0.15) is 21.7 Å². The second-order valence-electron chi connectivity index (χ2n) is 5.44. The van der Waals surface area contributed by atoms with Crippen molar-refractivity contribution in [3.05, 3.63) is 81.2 Å². The molecule has 3 aromatic rings. The Morgan fingerprint density at radius 1 is 1.16 bits per heavy atom. The van der Waals surface area contributed by atoms with Gasteiger partial charge in [-0.2, -0.15) is 5.10 Å². The fourth-order valence-corrected chi connectivity index (χ4v) is 2.80. The molecule has 1 heterocycles. The van der Waals surface area contributed by atoms with Gasteiger partial charge in [0.25, 0.3) is 5.91 Å². The molecule has 0 aliphatic heterocycles. The molecule has 2 N–H and O–H groups in total. The molecule has 25 heavy (non-hydrogen) atoms. The second kappa shape index (κ2) is 7.52. The van der Waals surface area contributed by atoms with E-state index < -0.39 is 0 Å². The molecule has 0 radical (unpaired) electrons. The lowest BCUT2D eigenvalue weighted by Gasteiger charge is -2.09. The van der Waals surface area contributed by atoms with Crippen molar-refractivity contribution in [3.63, 3.8) is 0 Å². The van der Waals surface area contributed by atoms with Gasteiger partial charge < -0.3 is 9.67 Å². The van der Waals surface area contributed by atoms with Crippen molar-refractivity contribution < 1.29 is 9.90 Å². The number of carbonyl (C=O) groups excluding carboxylic acids is 1. The van der Waals surface area contributed by atoms with E-state index in [-0.39, 0.29) is 11.7 Å². The van der Waals surface area contributed by atoms with Crippen LogP contribution in [0.2, 0.25) is 0 Å². The lowest BCUT2D eigenvalue weighted by Crippen LogP contribution is -2.17. The predicted octanol–water partition coefficient (Wildman–Crippen LogP) is 3.86. The molecular formula is C19H16IN3O2. The Kier molecular flexibility index (Phi) is 5.18. The topological polar surface area (TPSA) is 66.6 Å². The van der Waals surface area contributed by atoms with Gasteiger partial charge in [0.05, 0.1) is 15.5 Å². The van der Waals surface area contributed by atoms with Gasteiger partial charge in [-0.25, -0.2) is 5.43 Å². The summed E-state index contributed by atoms with van der Waals surface area (Å²) in [6, 6.07) is 18.6. The first kappa shape index (κ1) is 17.2. The number of phenolic OH excluding ortho intramolecular Hbond substituents is 1. The molecule has 0 aliphatic rings. The molecule has 0 fully saturated rings. The normalized spacial score (nSPS) is 11.0. The molecule has 0 bridgehead atoms. The van der Waals surface area contributed by atoms with Crippen LogP contribution in [0.15, 0.2) is 65.8 Å². The number of aromatic hydroxyl groups is 1. The van der Waals surface area contributed by atoms with Crippen molar-refractivity contribution in [2.45, 2.75) is 6.92 Å². The van der Waals surface area contributed by atoms with E-state index in [0.717, 1.165) is 17.1 Å². The number of rotatable bonds is 4. The zero-order valence-corrected chi connectivity index (χ0v) is 15.6. The van der Waals surface area contributed by atoms with E-state index in [1.807, 2.05) is 76.5 Å². The number of aromatic nitrogens is 1. The minimum absolute atomic E-state index is 0.0748. The summed E-state index contributed by atoms with van der Waals surface area (Å²) < 4.78 is 2.74. The van der Waals surface area contributed by atoms with Crippen molar-refractivity contribution in [1.29, 1.82) is 0 Å². The molecule has 0 unspecified atom stereocenters. The van der Waals surface area contributed by atoms with E-state index in [1.54, 1.807) is 18.3 Å². The zero-order chi connectivity index (χ0) is 17.8. The quantitative estimate of drug-likeness (QED) is 0.364. The summed E-state index contributed by atoms with van der Waals surface area (Å²) >= 11 is 2.00. The largest absolute Gasteiger partial charge is 0.507 e. The molecular weight excluding hydrogens is 429 g/mol. The van der Waals surface area contributed by atoms with E-state index in [0.29, 0.717) is 9.13 Å². The summed E-state index contributed by atoms with van der Waals surface area (Å²) in [6.07, 6.45) is 1.60. The first-order chi connectivity index (χ1) is 12.1. The highest BCUT2D eigenvalue weighted by atomic mass is 127. The molecule has 0 spiro atoms. The number of para-hydroxylation sites is 1. The van der Waals surface area contributed by atoms with Crippen LogP contribution in [-0.2, 0) is 0 Å². The van der Waals surface area contributed by atoms with Gasteiger partial charge in [0, 0.05) is 16.9 Å². The predicted molar refractivity (Wildman–Crippen MR) is 106 cm³/mol. The molecule has 6 heteroatoms. The van der Waals surface area contributed by atoms with Crippen LogP contribution in [0.5, 0.6) is 5.75 Å². The lowest BCUT2D eigenvalue weighted by molar-refractivity contribution is 0.0954. The molecule has 0 atom stereocenters. The molecule has 1 aromatic heterocycles. The molecule has 1 amide bonds. The fourth-order valence-electron chi connectivity index (χ4n) is 2.46. The first-order valence-electron chi connectivity index (χ1n) is 7.62. The molecule has 126 valence electrons. The molecule has 0 saturated carbocycles. The van der Waals surface area contributed by atoms with Crippen molar-refractivity contribution in [3.8, 4) is 11.4 Å². The lowest BCUT2D eigenvalue weighted by atomic mass is 10.2. The first-order valence-corrected chi connectivity index (χ1v) is 8.70. The zero-order valence-electron chi connectivity index (χ0n) is 13.5. The van der Waals surface area contributed by atoms with Crippen molar-refractivity contribution in [2.24, 2.45) is 5.10 Å². The number of aryl methyl sites for hydroxylation is 1. The van der Waals surface area contributed by atoms with Gasteiger partial charge >= 0.3 is 0 Å². The maximum atomic E-state index is 12.1. The van der Waals surface area contributed by atoms with Crippen LogP contribution in [0.25, 0.3) is 5.69 Å². The average Bonchev–Trinajstić information content (AvgIpc) is 2.98.